The van der Waals surface area contributed by atoms with Crippen LogP contribution in [0.2, 0.25) is 0 Å². The summed E-state index contributed by atoms with van der Waals surface area (Å²) in [5.41, 5.74) is 3.40. The van der Waals surface area contributed by atoms with Crippen LogP contribution in [0, 0.1) is 0 Å². The number of hydrogen-bond acceptors (Lipinski definition) is 3. The fourth-order valence-electron chi connectivity index (χ4n) is 2.90. The fourth-order valence-corrected chi connectivity index (χ4v) is 2.90. The highest BCUT2D eigenvalue weighted by Gasteiger charge is 2.25. The Morgan fingerprint density at radius 2 is 1.92 bits per heavy atom. The molecular formula is C19H22ClN3O2. The minimum atomic E-state index is -0.0690. The summed E-state index contributed by atoms with van der Waals surface area (Å²) in [7, 11) is 1.81. The van der Waals surface area contributed by atoms with Gasteiger partial charge in [-0.05, 0) is 43.3 Å². The Hall–Kier alpha value is -2.37. The molecule has 2 aromatic carbocycles. The average molecular weight is 360 g/mol. The quantitative estimate of drug-likeness (QED) is 0.863. The van der Waals surface area contributed by atoms with Gasteiger partial charge in [-0.1, -0.05) is 24.3 Å². The number of nitrogens with one attached hydrogen (secondary N) is 2. The smallest absolute Gasteiger partial charge is 0.258 e. The van der Waals surface area contributed by atoms with Gasteiger partial charge in [-0.25, -0.2) is 0 Å². The van der Waals surface area contributed by atoms with Crippen molar-refractivity contribution in [3.8, 4) is 0 Å². The lowest BCUT2D eigenvalue weighted by molar-refractivity contribution is -0.116. The molecule has 0 spiro atoms. The van der Waals surface area contributed by atoms with Crippen molar-refractivity contribution in [3.63, 3.8) is 0 Å². The molecule has 2 aromatic rings. The van der Waals surface area contributed by atoms with Crippen molar-refractivity contribution in [1.82, 2.24) is 5.32 Å². The Kier molecular flexibility index (Phi) is 6.56. The fraction of sp³-hybridized carbons (Fsp3) is 0.263. The summed E-state index contributed by atoms with van der Waals surface area (Å²) in [4.78, 5) is 26.5. The van der Waals surface area contributed by atoms with E-state index in [1.54, 1.807) is 36.2 Å². The van der Waals surface area contributed by atoms with E-state index in [1.165, 1.54) is 5.56 Å². The maximum absolute atomic E-state index is 12.8. The second-order valence-electron chi connectivity index (χ2n) is 5.82. The van der Waals surface area contributed by atoms with Crippen molar-refractivity contribution < 1.29 is 9.59 Å². The van der Waals surface area contributed by atoms with Crippen molar-refractivity contribution in [3.05, 3.63) is 59.7 Å². The summed E-state index contributed by atoms with van der Waals surface area (Å²) in [6, 6.07) is 15.1. The number of fused-ring (bicyclic) bond motifs is 1. The van der Waals surface area contributed by atoms with Crippen molar-refractivity contribution >= 4 is 35.6 Å². The molecule has 0 radical (unpaired) electrons. The van der Waals surface area contributed by atoms with Crippen LogP contribution in [-0.2, 0) is 11.2 Å². The molecule has 0 bridgehead atoms. The lowest BCUT2D eigenvalue weighted by atomic mass is 10.1. The van der Waals surface area contributed by atoms with Gasteiger partial charge in [-0.2, -0.15) is 0 Å². The minimum Gasteiger partial charge on any atom is -0.326 e. The monoisotopic (exact) mass is 359 g/mol. The summed E-state index contributed by atoms with van der Waals surface area (Å²) in [5, 5.41) is 5.77. The van der Waals surface area contributed by atoms with E-state index in [1.807, 2.05) is 18.2 Å². The normalized spacial score (nSPS) is 12.3. The van der Waals surface area contributed by atoms with E-state index in [4.69, 9.17) is 0 Å². The Bertz CT molecular complexity index is 764. The molecule has 132 valence electrons. The predicted octanol–water partition coefficient (Wildman–Crippen LogP) is 2.86. The summed E-state index contributed by atoms with van der Waals surface area (Å²) in [6.45, 7) is 1.31. The number of amides is 2. The van der Waals surface area contributed by atoms with Crippen LogP contribution in [-0.4, -0.2) is 32.0 Å². The molecule has 0 aliphatic carbocycles. The summed E-state index contributed by atoms with van der Waals surface area (Å²) in [5.74, 6) is -0.105. The molecule has 1 heterocycles. The first-order valence-corrected chi connectivity index (χ1v) is 8.13. The van der Waals surface area contributed by atoms with E-state index in [0.29, 0.717) is 30.8 Å². The summed E-state index contributed by atoms with van der Waals surface area (Å²) >= 11 is 0. The Labute approximate surface area is 153 Å². The summed E-state index contributed by atoms with van der Waals surface area (Å²) < 4.78 is 0. The number of halogens is 1. The maximum atomic E-state index is 12.8. The molecule has 0 unspecified atom stereocenters. The number of nitrogens with zero attached hydrogens (tertiary/aromatic N) is 1. The molecule has 0 saturated heterocycles. The van der Waals surface area contributed by atoms with Gasteiger partial charge < -0.3 is 15.5 Å². The van der Waals surface area contributed by atoms with Crippen LogP contribution < -0.4 is 15.5 Å². The van der Waals surface area contributed by atoms with Crippen LogP contribution in [0.25, 0.3) is 0 Å². The zero-order chi connectivity index (χ0) is 16.9. The molecule has 5 nitrogen and oxygen atoms in total. The zero-order valence-electron chi connectivity index (χ0n) is 14.1. The van der Waals surface area contributed by atoms with Crippen molar-refractivity contribution in [1.29, 1.82) is 0 Å². The minimum absolute atomic E-state index is 0. The van der Waals surface area contributed by atoms with Crippen molar-refractivity contribution in [2.75, 3.05) is 30.4 Å². The predicted molar refractivity (Wildman–Crippen MR) is 103 cm³/mol. The SMILES string of the molecule is CNCCC(=O)Nc1cccc(C(=O)N2CCc3ccccc32)c1.Cl. The Morgan fingerprint density at radius 1 is 1.12 bits per heavy atom. The number of para-hydroxylation sites is 1. The third-order valence-electron chi connectivity index (χ3n) is 4.13. The highest BCUT2D eigenvalue weighted by Crippen LogP contribution is 2.29. The van der Waals surface area contributed by atoms with Crippen LogP contribution in [0.3, 0.4) is 0 Å². The van der Waals surface area contributed by atoms with Gasteiger partial charge >= 0.3 is 0 Å². The third-order valence-corrected chi connectivity index (χ3v) is 4.13. The van der Waals surface area contributed by atoms with Crippen LogP contribution in [0.1, 0.15) is 22.3 Å². The largest absolute Gasteiger partial charge is 0.326 e. The van der Waals surface area contributed by atoms with E-state index in [-0.39, 0.29) is 24.2 Å². The van der Waals surface area contributed by atoms with Gasteiger partial charge in [0.15, 0.2) is 0 Å². The Morgan fingerprint density at radius 3 is 2.72 bits per heavy atom. The number of carbonyl (C=O) groups is 2. The molecule has 25 heavy (non-hydrogen) atoms. The molecular weight excluding hydrogens is 338 g/mol. The number of hydrogen-bond donors (Lipinski definition) is 2. The van der Waals surface area contributed by atoms with Crippen LogP contribution >= 0.6 is 12.4 Å². The average Bonchev–Trinajstić information content (AvgIpc) is 3.03. The topological polar surface area (TPSA) is 61.4 Å². The number of rotatable bonds is 5. The van der Waals surface area contributed by atoms with Gasteiger partial charge in [0.1, 0.15) is 0 Å². The van der Waals surface area contributed by atoms with E-state index in [0.717, 1.165) is 12.1 Å². The van der Waals surface area contributed by atoms with Gasteiger partial charge in [-0.3, -0.25) is 9.59 Å². The van der Waals surface area contributed by atoms with Gasteiger partial charge in [0.25, 0.3) is 5.91 Å². The second kappa shape index (κ2) is 8.65. The van der Waals surface area contributed by atoms with Gasteiger partial charge in [0.05, 0.1) is 0 Å². The third kappa shape index (κ3) is 4.38. The van der Waals surface area contributed by atoms with Crippen molar-refractivity contribution in [2.45, 2.75) is 12.8 Å². The van der Waals surface area contributed by atoms with Crippen LogP contribution in [0.5, 0.6) is 0 Å². The first-order valence-electron chi connectivity index (χ1n) is 8.13. The molecule has 1 aliphatic rings. The standard InChI is InChI=1S/C19H21N3O2.ClH/c1-20-11-9-18(23)21-16-7-4-6-15(13-16)19(24)22-12-10-14-5-2-3-8-17(14)22;/h2-8,13,20H,9-12H2,1H3,(H,21,23);1H. The van der Waals surface area contributed by atoms with E-state index >= 15 is 0 Å². The molecule has 0 saturated carbocycles. The number of anilines is 2. The number of benzene rings is 2. The second-order valence-corrected chi connectivity index (χ2v) is 5.82. The van der Waals surface area contributed by atoms with E-state index in [2.05, 4.69) is 16.7 Å². The lowest BCUT2D eigenvalue weighted by Crippen LogP contribution is -2.29. The lowest BCUT2D eigenvalue weighted by Gasteiger charge is -2.18. The molecule has 2 amide bonds. The zero-order valence-corrected chi connectivity index (χ0v) is 14.9. The maximum Gasteiger partial charge on any atom is 0.258 e. The van der Waals surface area contributed by atoms with Gasteiger partial charge in [-0.15, -0.1) is 12.4 Å². The molecule has 1 aliphatic heterocycles. The molecule has 3 rings (SSSR count). The molecule has 0 fully saturated rings. The van der Waals surface area contributed by atoms with Crippen LogP contribution in [0.4, 0.5) is 11.4 Å². The number of carbonyl (C=O) groups excluding carboxylic acids is 2. The van der Waals surface area contributed by atoms with E-state index in [9.17, 15) is 9.59 Å². The molecule has 6 heteroatoms. The first-order chi connectivity index (χ1) is 11.7. The first kappa shape index (κ1) is 19.0. The molecule has 2 N–H and O–H groups in total. The van der Waals surface area contributed by atoms with Crippen molar-refractivity contribution in [2.24, 2.45) is 0 Å². The van der Waals surface area contributed by atoms with Gasteiger partial charge in [0.2, 0.25) is 5.91 Å². The van der Waals surface area contributed by atoms with Gasteiger partial charge in [0, 0.05) is 36.4 Å². The highest BCUT2D eigenvalue weighted by molar-refractivity contribution is 6.08. The highest BCUT2D eigenvalue weighted by atomic mass is 35.5. The van der Waals surface area contributed by atoms with Crippen LogP contribution in [0.15, 0.2) is 48.5 Å². The Balaban J connectivity index is 0.00000225. The molecule has 0 atom stereocenters. The summed E-state index contributed by atoms with van der Waals surface area (Å²) in [6.07, 6.45) is 1.27. The van der Waals surface area contributed by atoms with E-state index < -0.39 is 0 Å². The molecule has 0 aromatic heterocycles.